The molecule has 1 aromatic heterocycles. The molecular weight excluding hydrogens is 340 g/mol. The van der Waals surface area contributed by atoms with Crippen LogP contribution in [0.25, 0.3) is 0 Å². The molecule has 1 amide bonds. The van der Waals surface area contributed by atoms with E-state index in [0.29, 0.717) is 24.1 Å². The molecular formula is C21H22N4O2. The van der Waals surface area contributed by atoms with E-state index in [2.05, 4.69) is 40.7 Å². The van der Waals surface area contributed by atoms with Gasteiger partial charge in [-0.05, 0) is 29.7 Å². The Morgan fingerprint density at radius 1 is 1.11 bits per heavy atom. The molecule has 3 aromatic rings. The van der Waals surface area contributed by atoms with Gasteiger partial charge in [0.15, 0.2) is 0 Å². The monoisotopic (exact) mass is 362 g/mol. The summed E-state index contributed by atoms with van der Waals surface area (Å²) in [6, 6.07) is 18.3. The van der Waals surface area contributed by atoms with E-state index in [4.69, 9.17) is 5.21 Å². The lowest BCUT2D eigenvalue weighted by molar-refractivity contribution is 0.0706. The Morgan fingerprint density at radius 2 is 1.89 bits per heavy atom. The van der Waals surface area contributed by atoms with Crippen LogP contribution in [0.2, 0.25) is 0 Å². The van der Waals surface area contributed by atoms with Crippen LogP contribution in [0.15, 0.2) is 67.0 Å². The number of aromatic nitrogens is 2. The van der Waals surface area contributed by atoms with Crippen molar-refractivity contribution >= 4 is 5.91 Å². The van der Waals surface area contributed by atoms with E-state index in [1.165, 1.54) is 12.0 Å². The number of amides is 1. The predicted octanol–water partition coefficient (Wildman–Crippen LogP) is 2.70. The van der Waals surface area contributed by atoms with Crippen molar-refractivity contribution in [2.45, 2.75) is 31.5 Å². The summed E-state index contributed by atoms with van der Waals surface area (Å²) in [6.07, 6.45) is 5.12. The van der Waals surface area contributed by atoms with Gasteiger partial charge in [0, 0.05) is 35.8 Å². The van der Waals surface area contributed by atoms with Crippen LogP contribution in [0, 0.1) is 0 Å². The van der Waals surface area contributed by atoms with Gasteiger partial charge in [-0.15, -0.1) is 0 Å². The van der Waals surface area contributed by atoms with Crippen LogP contribution in [-0.2, 0) is 13.1 Å². The molecule has 0 aliphatic heterocycles. The highest BCUT2D eigenvalue weighted by Crippen LogP contribution is 2.40. The lowest BCUT2D eigenvalue weighted by Gasteiger charge is -2.04. The minimum absolute atomic E-state index is 0.420. The molecule has 4 rings (SSSR count). The Balaban J connectivity index is 1.28. The summed E-state index contributed by atoms with van der Waals surface area (Å²) in [7, 11) is 0. The van der Waals surface area contributed by atoms with Crippen molar-refractivity contribution in [3.63, 3.8) is 0 Å². The van der Waals surface area contributed by atoms with Gasteiger partial charge < -0.3 is 5.32 Å². The predicted molar refractivity (Wildman–Crippen MR) is 101 cm³/mol. The van der Waals surface area contributed by atoms with E-state index in [1.807, 2.05) is 29.2 Å². The fourth-order valence-electron chi connectivity index (χ4n) is 3.34. The number of nitrogens with zero attached hydrogens (tertiary/aromatic N) is 2. The first kappa shape index (κ1) is 17.5. The van der Waals surface area contributed by atoms with Crippen LogP contribution in [0.5, 0.6) is 0 Å². The topological polar surface area (TPSA) is 79.2 Å². The van der Waals surface area contributed by atoms with Crippen molar-refractivity contribution in [1.29, 1.82) is 0 Å². The molecule has 1 aliphatic rings. The highest BCUT2D eigenvalue weighted by atomic mass is 16.5. The zero-order valence-corrected chi connectivity index (χ0v) is 14.9. The maximum absolute atomic E-state index is 11.3. The normalized spacial score (nSPS) is 18.3. The van der Waals surface area contributed by atoms with E-state index in [-0.39, 0.29) is 0 Å². The highest BCUT2D eigenvalue weighted by molar-refractivity contribution is 5.93. The molecule has 1 aliphatic carbocycles. The quantitative estimate of drug-likeness (QED) is 0.446. The molecule has 0 spiro atoms. The van der Waals surface area contributed by atoms with Crippen molar-refractivity contribution in [3.8, 4) is 0 Å². The molecule has 1 fully saturated rings. The van der Waals surface area contributed by atoms with Crippen LogP contribution >= 0.6 is 0 Å². The number of carbonyl (C=O) groups excluding carboxylic acids is 1. The van der Waals surface area contributed by atoms with Crippen molar-refractivity contribution < 1.29 is 10.0 Å². The number of benzene rings is 2. The highest BCUT2D eigenvalue weighted by Gasteiger charge is 2.37. The van der Waals surface area contributed by atoms with Crippen molar-refractivity contribution in [1.82, 2.24) is 20.6 Å². The van der Waals surface area contributed by atoms with E-state index in [1.54, 1.807) is 17.6 Å². The van der Waals surface area contributed by atoms with Gasteiger partial charge in [0.1, 0.15) is 0 Å². The van der Waals surface area contributed by atoms with Gasteiger partial charge in [-0.3, -0.25) is 14.7 Å². The summed E-state index contributed by atoms with van der Waals surface area (Å²) in [5.41, 5.74) is 5.66. The second-order valence-corrected chi connectivity index (χ2v) is 6.92. The molecule has 1 heterocycles. The molecule has 6 nitrogen and oxygen atoms in total. The first-order valence-electron chi connectivity index (χ1n) is 9.06. The van der Waals surface area contributed by atoms with Crippen LogP contribution < -0.4 is 10.8 Å². The van der Waals surface area contributed by atoms with Gasteiger partial charge in [0.25, 0.3) is 5.91 Å². The van der Waals surface area contributed by atoms with Gasteiger partial charge in [0.2, 0.25) is 0 Å². The van der Waals surface area contributed by atoms with Gasteiger partial charge >= 0.3 is 0 Å². The molecule has 2 aromatic carbocycles. The van der Waals surface area contributed by atoms with Crippen LogP contribution in [-0.4, -0.2) is 26.9 Å². The summed E-state index contributed by atoms with van der Waals surface area (Å²) >= 11 is 0. The molecule has 2 atom stereocenters. The minimum Gasteiger partial charge on any atom is -0.309 e. The van der Waals surface area contributed by atoms with E-state index >= 15 is 0 Å². The maximum Gasteiger partial charge on any atom is 0.274 e. The van der Waals surface area contributed by atoms with Crippen molar-refractivity contribution in [2.75, 3.05) is 0 Å². The number of hydrogen-bond acceptors (Lipinski definition) is 4. The molecule has 1 saturated carbocycles. The average Bonchev–Trinajstić information content (AvgIpc) is 3.37. The van der Waals surface area contributed by atoms with Crippen molar-refractivity contribution in [3.05, 3.63) is 89.2 Å². The zero-order valence-electron chi connectivity index (χ0n) is 14.9. The van der Waals surface area contributed by atoms with Gasteiger partial charge in [-0.2, -0.15) is 5.10 Å². The number of carbonyl (C=O) groups is 1. The smallest absolute Gasteiger partial charge is 0.274 e. The fourth-order valence-corrected chi connectivity index (χ4v) is 3.34. The largest absolute Gasteiger partial charge is 0.309 e. The Morgan fingerprint density at radius 3 is 2.63 bits per heavy atom. The van der Waals surface area contributed by atoms with Gasteiger partial charge in [0.05, 0.1) is 12.7 Å². The molecule has 0 radical (unpaired) electrons. The molecule has 27 heavy (non-hydrogen) atoms. The van der Waals surface area contributed by atoms with E-state index in [9.17, 15) is 4.79 Å². The molecule has 138 valence electrons. The van der Waals surface area contributed by atoms with Crippen molar-refractivity contribution in [2.24, 2.45) is 0 Å². The standard InChI is InChI=1S/C21H22N4O2/c26-21(24-27)18-8-6-15(7-9-18)13-25-14-16(12-23-25)11-22-20-10-19(20)17-4-2-1-3-5-17/h1-9,12,14,19-20,22,27H,10-11,13H2,(H,24,26)/t19?,20-/m0/s1. The summed E-state index contributed by atoms with van der Waals surface area (Å²) < 4.78 is 1.89. The average molecular weight is 362 g/mol. The Bertz CT molecular complexity index is 905. The number of hydroxylamine groups is 1. The molecule has 0 saturated heterocycles. The van der Waals surface area contributed by atoms with E-state index in [0.717, 1.165) is 17.7 Å². The van der Waals surface area contributed by atoms with Gasteiger partial charge in [-0.1, -0.05) is 42.5 Å². The molecule has 0 bridgehead atoms. The third-order valence-electron chi connectivity index (χ3n) is 4.94. The lowest BCUT2D eigenvalue weighted by Crippen LogP contribution is -2.18. The molecule has 1 unspecified atom stereocenters. The summed E-state index contributed by atoms with van der Waals surface area (Å²) in [4.78, 5) is 11.3. The van der Waals surface area contributed by atoms with Crippen LogP contribution in [0.4, 0.5) is 0 Å². The zero-order chi connectivity index (χ0) is 18.6. The summed E-state index contributed by atoms with van der Waals surface area (Å²) in [5.74, 6) is 0.110. The van der Waals surface area contributed by atoms with Gasteiger partial charge in [-0.25, -0.2) is 5.48 Å². The minimum atomic E-state index is -0.511. The van der Waals surface area contributed by atoms with Crippen LogP contribution in [0.1, 0.15) is 39.4 Å². The first-order valence-corrected chi connectivity index (χ1v) is 9.06. The lowest BCUT2D eigenvalue weighted by atomic mass is 10.1. The number of nitrogens with one attached hydrogen (secondary N) is 2. The first-order chi connectivity index (χ1) is 13.2. The summed E-state index contributed by atoms with van der Waals surface area (Å²) in [5, 5.41) is 16.7. The fraction of sp³-hybridized carbons (Fsp3) is 0.238. The Labute approximate surface area is 157 Å². The molecule has 3 N–H and O–H groups in total. The summed E-state index contributed by atoms with van der Waals surface area (Å²) in [6.45, 7) is 1.45. The Kier molecular flexibility index (Phi) is 5.00. The maximum atomic E-state index is 11.3. The van der Waals surface area contributed by atoms with E-state index < -0.39 is 5.91 Å². The second-order valence-electron chi connectivity index (χ2n) is 6.92. The second kappa shape index (κ2) is 7.73. The molecule has 6 heteroatoms. The SMILES string of the molecule is O=C(NO)c1ccc(Cn2cc(CN[C@H]3CC3c3ccccc3)cn2)cc1. The number of hydrogen-bond donors (Lipinski definition) is 3. The number of rotatable bonds is 7. The third kappa shape index (κ3) is 4.24. The Hall–Kier alpha value is -2.96. The van der Waals surface area contributed by atoms with Crippen LogP contribution in [0.3, 0.4) is 0 Å². The third-order valence-corrected chi connectivity index (χ3v) is 4.94.